The summed E-state index contributed by atoms with van der Waals surface area (Å²) in [7, 11) is 0. The lowest BCUT2D eigenvalue weighted by Crippen LogP contribution is -2.68. The first-order valence-corrected chi connectivity index (χ1v) is 10.3. The number of rotatable bonds is 4. The van der Waals surface area contributed by atoms with E-state index < -0.39 is 0 Å². The van der Waals surface area contributed by atoms with Gasteiger partial charge in [-0.1, -0.05) is 29.8 Å². The van der Waals surface area contributed by atoms with E-state index in [9.17, 15) is 9.59 Å². The third-order valence-corrected chi connectivity index (χ3v) is 6.65. The van der Waals surface area contributed by atoms with Crippen molar-refractivity contribution >= 4 is 23.4 Å². The highest BCUT2D eigenvalue weighted by Crippen LogP contribution is 2.37. The summed E-state index contributed by atoms with van der Waals surface area (Å²) in [6.45, 7) is 4.04. The number of nitrogens with one attached hydrogen (secondary N) is 2. The zero-order valence-corrected chi connectivity index (χ0v) is 16.4. The molecule has 1 aromatic rings. The molecule has 2 aliphatic heterocycles. The molecule has 6 nitrogen and oxygen atoms in total. The maximum Gasteiger partial charge on any atom is 0.241 e. The number of likely N-dealkylation sites (N-methyl/N-ethyl adjacent to an activating group) is 1. The molecule has 2 amide bonds. The number of nitrogens with zero attached hydrogens (tertiary/aromatic N) is 2. The van der Waals surface area contributed by atoms with Gasteiger partial charge in [0.2, 0.25) is 11.8 Å². The van der Waals surface area contributed by atoms with Gasteiger partial charge in [-0.25, -0.2) is 5.01 Å². The second kappa shape index (κ2) is 7.78. The largest absolute Gasteiger partial charge is 0.352 e. The molecule has 146 valence electrons. The van der Waals surface area contributed by atoms with Crippen molar-refractivity contribution in [3.05, 3.63) is 34.9 Å². The quantitative estimate of drug-likeness (QED) is 0.824. The van der Waals surface area contributed by atoms with Gasteiger partial charge in [0.25, 0.3) is 0 Å². The first-order valence-electron chi connectivity index (χ1n) is 9.93. The van der Waals surface area contributed by atoms with Crippen LogP contribution in [-0.2, 0) is 16.1 Å². The molecule has 1 saturated carbocycles. The van der Waals surface area contributed by atoms with Crippen molar-refractivity contribution in [1.29, 1.82) is 0 Å². The fourth-order valence-corrected chi connectivity index (χ4v) is 5.11. The minimum absolute atomic E-state index is 0.0307. The van der Waals surface area contributed by atoms with Gasteiger partial charge in [-0.2, -0.15) is 0 Å². The summed E-state index contributed by atoms with van der Waals surface area (Å²) in [5, 5.41) is 5.89. The predicted octanol–water partition coefficient (Wildman–Crippen LogP) is 1.93. The Morgan fingerprint density at radius 1 is 1.26 bits per heavy atom. The molecule has 3 fully saturated rings. The Balaban J connectivity index is 1.42. The van der Waals surface area contributed by atoms with E-state index in [0.29, 0.717) is 24.2 Å². The van der Waals surface area contributed by atoms with Gasteiger partial charge < -0.3 is 10.2 Å². The third kappa shape index (κ3) is 3.46. The van der Waals surface area contributed by atoms with Gasteiger partial charge in [0.1, 0.15) is 6.04 Å². The van der Waals surface area contributed by atoms with Gasteiger partial charge >= 0.3 is 0 Å². The molecule has 2 saturated heterocycles. The van der Waals surface area contributed by atoms with Crippen LogP contribution in [0.4, 0.5) is 0 Å². The molecular formula is C20H27ClN4O2. The maximum absolute atomic E-state index is 12.8. The van der Waals surface area contributed by atoms with E-state index in [1.54, 1.807) is 0 Å². The van der Waals surface area contributed by atoms with Crippen LogP contribution in [0.15, 0.2) is 24.3 Å². The highest BCUT2D eigenvalue weighted by atomic mass is 35.5. The lowest BCUT2D eigenvalue weighted by atomic mass is 9.78. The number of amides is 2. The summed E-state index contributed by atoms with van der Waals surface area (Å²) in [4.78, 5) is 27.6. The normalized spacial score (nSPS) is 30.7. The van der Waals surface area contributed by atoms with Crippen molar-refractivity contribution in [3.8, 4) is 0 Å². The lowest BCUT2D eigenvalue weighted by Gasteiger charge is -2.51. The molecule has 0 aromatic heterocycles. The molecule has 1 aromatic carbocycles. The highest BCUT2D eigenvalue weighted by molar-refractivity contribution is 6.31. The van der Waals surface area contributed by atoms with E-state index in [4.69, 9.17) is 11.6 Å². The zero-order chi connectivity index (χ0) is 19.0. The molecule has 2 heterocycles. The van der Waals surface area contributed by atoms with Crippen LogP contribution in [0.3, 0.4) is 0 Å². The van der Waals surface area contributed by atoms with Crippen LogP contribution in [0.2, 0.25) is 5.02 Å². The number of benzene rings is 1. The van der Waals surface area contributed by atoms with Crippen molar-refractivity contribution < 1.29 is 9.59 Å². The second-order valence-corrected chi connectivity index (χ2v) is 8.11. The van der Waals surface area contributed by atoms with Gasteiger partial charge in [-0.3, -0.25) is 15.0 Å². The van der Waals surface area contributed by atoms with Gasteiger partial charge in [0.15, 0.2) is 0 Å². The molecule has 4 rings (SSSR count). The van der Waals surface area contributed by atoms with Crippen molar-refractivity contribution in [1.82, 2.24) is 20.7 Å². The first kappa shape index (κ1) is 18.7. The van der Waals surface area contributed by atoms with Crippen LogP contribution < -0.4 is 10.7 Å². The van der Waals surface area contributed by atoms with E-state index >= 15 is 0 Å². The molecule has 27 heavy (non-hydrogen) atoms. The van der Waals surface area contributed by atoms with Crippen molar-refractivity contribution in [2.75, 3.05) is 13.1 Å². The van der Waals surface area contributed by atoms with E-state index in [-0.39, 0.29) is 29.8 Å². The Hall–Kier alpha value is -1.63. The summed E-state index contributed by atoms with van der Waals surface area (Å²) in [6.07, 6.45) is 3.39. The number of carbonyl (C=O) groups excluding carboxylic acids is 2. The molecule has 0 spiro atoms. The van der Waals surface area contributed by atoms with Crippen LogP contribution in [0.25, 0.3) is 0 Å². The number of hydrazine groups is 1. The third-order valence-electron chi connectivity index (χ3n) is 6.28. The van der Waals surface area contributed by atoms with Crippen LogP contribution in [-0.4, -0.2) is 52.9 Å². The van der Waals surface area contributed by atoms with Gasteiger partial charge in [0.05, 0.1) is 0 Å². The standard InChI is InChI=1S/C20H27ClN4O2/c1-2-24-18-11-13(19(26)22-12-14-5-3-4-6-15(14)21)7-8-16(18)25-17(20(24)27)9-10-23-25/h3-6,13,16-18,23H,2,7-12H2,1H3,(H,22,26). The average Bonchev–Trinajstić information content (AvgIpc) is 3.17. The molecule has 2 N–H and O–H groups in total. The molecule has 0 bridgehead atoms. The van der Waals surface area contributed by atoms with Crippen molar-refractivity contribution in [2.45, 2.75) is 57.3 Å². The van der Waals surface area contributed by atoms with Crippen LogP contribution in [0.5, 0.6) is 0 Å². The van der Waals surface area contributed by atoms with Crippen LogP contribution >= 0.6 is 11.6 Å². The zero-order valence-electron chi connectivity index (χ0n) is 15.7. The number of hydrogen-bond donors (Lipinski definition) is 2. The molecule has 4 atom stereocenters. The second-order valence-electron chi connectivity index (χ2n) is 7.70. The van der Waals surface area contributed by atoms with Crippen molar-refractivity contribution in [3.63, 3.8) is 0 Å². The van der Waals surface area contributed by atoms with Gasteiger partial charge in [-0.05, 0) is 44.2 Å². The summed E-state index contributed by atoms with van der Waals surface area (Å²) >= 11 is 6.18. The summed E-state index contributed by atoms with van der Waals surface area (Å²) < 4.78 is 0. The summed E-state index contributed by atoms with van der Waals surface area (Å²) in [5.74, 6) is 0.212. The smallest absolute Gasteiger partial charge is 0.241 e. The Labute approximate surface area is 165 Å². The minimum atomic E-state index is -0.0604. The van der Waals surface area contributed by atoms with Crippen molar-refractivity contribution in [2.24, 2.45) is 5.92 Å². The Morgan fingerprint density at radius 2 is 2.07 bits per heavy atom. The fourth-order valence-electron chi connectivity index (χ4n) is 4.91. The topological polar surface area (TPSA) is 64.7 Å². The number of fused-ring (bicyclic) bond motifs is 3. The van der Waals surface area contributed by atoms with Gasteiger partial charge in [0, 0.05) is 42.7 Å². The van der Waals surface area contributed by atoms with E-state index in [1.807, 2.05) is 36.1 Å². The number of hydrogen-bond acceptors (Lipinski definition) is 4. The number of piperazine rings is 1. The average molecular weight is 391 g/mol. The molecule has 4 unspecified atom stereocenters. The number of halogens is 1. The molecule has 0 radical (unpaired) electrons. The van der Waals surface area contributed by atoms with E-state index in [0.717, 1.165) is 37.8 Å². The maximum atomic E-state index is 12.8. The molecule has 3 aliphatic rings. The van der Waals surface area contributed by atoms with E-state index in [2.05, 4.69) is 15.8 Å². The highest BCUT2D eigenvalue weighted by Gasteiger charge is 2.50. The molecular weight excluding hydrogens is 364 g/mol. The molecule has 7 heteroatoms. The molecule has 1 aliphatic carbocycles. The first-order chi connectivity index (χ1) is 13.1. The predicted molar refractivity (Wildman–Crippen MR) is 104 cm³/mol. The lowest BCUT2D eigenvalue weighted by molar-refractivity contribution is -0.155. The summed E-state index contributed by atoms with van der Waals surface area (Å²) in [6, 6.07) is 7.95. The summed E-state index contributed by atoms with van der Waals surface area (Å²) in [5.41, 5.74) is 4.32. The van der Waals surface area contributed by atoms with Crippen LogP contribution in [0.1, 0.15) is 38.2 Å². The van der Waals surface area contributed by atoms with E-state index in [1.165, 1.54) is 0 Å². The Kier molecular flexibility index (Phi) is 5.39. The minimum Gasteiger partial charge on any atom is -0.352 e. The SMILES string of the molecule is CCN1C(=O)C2CCNN2C2CCC(C(=O)NCc3ccccc3Cl)CC21. The Bertz CT molecular complexity index is 728. The Morgan fingerprint density at radius 3 is 2.85 bits per heavy atom. The monoisotopic (exact) mass is 390 g/mol. The van der Waals surface area contributed by atoms with Crippen LogP contribution in [0, 0.1) is 5.92 Å². The fraction of sp³-hybridized carbons (Fsp3) is 0.600. The number of carbonyl (C=O) groups is 2. The van der Waals surface area contributed by atoms with Gasteiger partial charge in [-0.15, -0.1) is 0 Å².